The molecule has 1 aromatic heterocycles. The van der Waals surface area contributed by atoms with Crippen LogP contribution in [0.2, 0.25) is 0 Å². The molecule has 1 unspecified atom stereocenters. The minimum absolute atomic E-state index is 0.0193. The standard InChI is InChI=1S/C23H24N4O4/c1-15-11-20(19-8-3-9-21(27(29)30)22(19)26-15)24-13-16-5-2-6-17(12-16)23(28)25-14-18-7-4-10-31-18/h2-3,5-6,8-9,11-12,18H,4,7,10,13-14H2,1H3,(H,24,26)(H,25,28). The van der Waals surface area contributed by atoms with E-state index in [0.29, 0.717) is 35.2 Å². The maximum atomic E-state index is 12.5. The third-order valence-electron chi connectivity index (χ3n) is 5.33. The number of aromatic nitrogens is 1. The lowest BCUT2D eigenvalue weighted by Gasteiger charge is -2.13. The number of rotatable bonds is 7. The number of non-ortho nitro benzene ring substituents is 1. The zero-order valence-electron chi connectivity index (χ0n) is 17.3. The number of carbonyl (C=O) groups excluding carboxylic acids is 1. The van der Waals surface area contributed by atoms with Gasteiger partial charge in [-0.1, -0.05) is 24.3 Å². The number of anilines is 1. The Bertz CT molecular complexity index is 1130. The summed E-state index contributed by atoms with van der Waals surface area (Å²) in [7, 11) is 0. The SMILES string of the molecule is Cc1cc(NCc2cccc(C(=O)NCC3CCCO3)c2)c2cccc([N+](=O)[O-])c2n1. The summed E-state index contributed by atoms with van der Waals surface area (Å²) >= 11 is 0. The van der Waals surface area contributed by atoms with Gasteiger partial charge in [0.2, 0.25) is 0 Å². The van der Waals surface area contributed by atoms with Crippen LogP contribution in [0, 0.1) is 17.0 Å². The van der Waals surface area contributed by atoms with Gasteiger partial charge in [-0.3, -0.25) is 14.9 Å². The molecule has 8 heteroatoms. The first-order valence-corrected chi connectivity index (χ1v) is 10.3. The molecule has 1 amide bonds. The van der Waals surface area contributed by atoms with E-state index in [2.05, 4.69) is 15.6 Å². The van der Waals surface area contributed by atoms with Gasteiger partial charge < -0.3 is 15.4 Å². The molecule has 3 aromatic rings. The maximum absolute atomic E-state index is 12.5. The summed E-state index contributed by atoms with van der Waals surface area (Å²) < 4.78 is 5.55. The van der Waals surface area contributed by atoms with Gasteiger partial charge in [0.15, 0.2) is 5.52 Å². The number of carbonyl (C=O) groups is 1. The molecule has 0 saturated carbocycles. The highest BCUT2D eigenvalue weighted by Gasteiger charge is 2.17. The van der Waals surface area contributed by atoms with Crippen LogP contribution in [0.1, 0.15) is 34.5 Å². The third-order valence-corrected chi connectivity index (χ3v) is 5.33. The lowest BCUT2D eigenvalue weighted by Crippen LogP contribution is -2.31. The molecule has 160 valence electrons. The molecule has 1 aliphatic rings. The van der Waals surface area contributed by atoms with Crippen LogP contribution in [-0.4, -0.2) is 35.1 Å². The molecule has 0 spiro atoms. The first-order valence-electron chi connectivity index (χ1n) is 10.3. The van der Waals surface area contributed by atoms with Crippen LogP contribution < -0.4 is 10.6 Å². The van der Waals surface area contributed by atoms with Gasteiger partial charge >= 0.3 is 0 Å². The summed E-state index contributed by atoms with van der Waals surface area (Å²) in [5.41, 5.74) is 3.30. The highest BCUT2D eigenvalue weighted by molar-refractivity contribution is 5.97. The predicted octanol–water partition coefficient (Wildman–Crippen LogP) is 3.97. The minimum Gasteiger partial charge on any atom is -0.380 e. The number of fused-ring (bicyclic) bond motifs is 1. The number of amides is 1. The summed E-state index contributed by atoms with van der Waals surface area (Å²) in [6, 6.07) is 14.2. The van der Waals surface area contributed by atoms with E-state index in [4.69, 9.17) is 4.74 Å². The van der Waals surface area contributed by atoms with Crippen molar-refractivity contribution in [3.05, 3.63) is 75.5 Å². The number of nitrogens with zero attached hydrogens (tertiary/aromatic N) is 2. The second kappa shape index (κ2) is 9.09. The fourth-order valence-electron chi connectivity index (χ4n) is 3.79. The van der Waals surface area contributed by atoms with Crippen LogP contribution in [0.15, 0.2) is 48.5 Å². The lowest BCUT2D eigenvalue weighted by molar-refractivity contribution is -0.383. The number of aryl methyl sites for hydroxylation is 1. The monoisotopic (exact) mass is 420 g/mol. The average Bonchev–Trinajstić information content (AvgIpc) is 3.29. The third kappa shape index (κ3) is 4.80. The smallest absolute Gasteiger partial charge is 0.295 e. The van der Waals surface area contributed by atoms with E-state index < -0.39 is 4.92 Å². The van der Waals surface area contributed by atoms with Gasteiger partial charge in [0.1, 0.15) is 0 Å². The molecule has 1 aliphatic heterocycles. The molecular weight excluding hydrogens is 396 g/mol. The maximum Gasteiger partial charge on any atom is 0.295 e. The molecule has 1 saturated heterocycles. The van der Waals surface area contributed by atoms with Crippen molar-refractivity contribution in [1.29, 1.82) is 0 Å². The van der Waals surface area contributed by atoms with E-state index in [9.17, 15) is 14.9 Å². The Morgan fingerprint density at radius 3 is 2.87 bits per heavy atom. The van der Waals surface area contributed by atoms with Crippen molar-refractivity contribution < 1.29 is 14.5 Å². The van der Waals surface area contributed by atoms with Crippen molar-refractivity contribution in [2.75, 3.05) is 18.5 Å². The number of hydrogen-bond acceptors (Lipinski definition) is 6. The van der Waals surface area contributed by atoms with E-state index in [-0.39, 0.29) is 17.7 Å². The van der Waals surface area contributed by atoms with Gasteiger partial charge in [-0.25, -0.2) is 4.98 Å². The second-order valence-electron chi connectivity index (χ2n) is 7.64. The van der Waals surface area contributed by atoms with Crippen molar-refractivity contribution in [1.82, 2.24) is 10.3 Å². The fraction of sp³-hybridized carbons (Fsp3) is 0.304. The average molecular weight is 420 g/mol. The van der Waals surface area contributed by atoms with Gasteiger partial charge in [0, 0.05) is 48.1 Å². The van der Waals surface area contributed by atoms with Crippen LogP contribution in [0.4, 0.5) is 11.4 Å². The molecule has 0 bridgehead atoms. The molecule has 2 heterocycles. The van der Waals surface area contributed by atoms with Crippen molar-refractivity contribution >= 4 is 28.2 Å². The quantitative estimate of drug-likeness (QED) is 0.442. The molecule has 4 rings (SSSR count). The number of nitro benzene ring substituents is 1. The van der Waals surface area contributed by atoms with Crippen molar-refractivity contribution in [2.24, 2.45) is 0 Å². The Balaban J connectivity index is 1.49. The number of benzene rings is 2. The topological polar surface area (TPSA) is 106 Å². The molecule has 2 N–H and O–H groups in total. The number of nitrogens with one attached hydrogen (secondary N) is 2. The first kappa shape index (κ1) is 20.7. The Kier molecular flexibility index (Phi) is 6.08. The largest absolute Gasteiger partial charge is 0.380 e. The zero-order chi connectivity index (χ0) is 21.8. The lowest BCUT2D eigenvalue weighted by atomic mass is 10.1. The summed E-state index contributed by atoms with van der Waals surface area (Å²) in [6.45, 7) is 3.55. The Labute approximate surface area is 179 Å². The summed E-state index contributed by atoms with van der Waals surface area (Å²) in [5, 5.41) is 18.3. The van der Waals surface area contributed by atoms with Crippen molar-refractivity contribution in [3.63, 3.8) is 0 Å². The number of pyridine rings is 1. The van der Waals surface area contributed by atoms with Crippen LogP contribution in [-0.2, 0) is 11.3 Å². The molecule has 2 aromatic carbocycles. The minimum atomic E-state index is -0.419. The van der Waals surface area contributed by atoms with E-state index in [1.54, 1.807) is 19.1 Å². The molecular formula is C23H24N4O4. The summed E-state index contributed by atoms with van der Waals surface area (Å²) in [4.78, 5) is 27.8. The Hall–Kier alpha value is -3.52. The van der Waals surface area contributed by atoms with Gasteiger partial charge in [0.05, 0.1) is 11.0 Å². The van der Waals surface area contributed by atoms with Crippen LogP contribution >= 0.6 is 0 Å². The Morgan fingerprint density at radius 1 is 1.26 bits per heavy atom. The van der Waals surface area contributed by atoms with Gasteiger partial charge in [-0.05, 0) is 43.5 Å². The zero-order valence-corrected chi connectivity index (χ0v) is 17.3. The first-order chi connectivity index (χ1) is 15.0. The number of nitro groups is 1. The van der Waals surface area contributed by atoms with Crippen molar-refractivity contribution in [3.8, 4) is 0 Å². The summed E-state index contributed by atoms with van der Waals surface area (Å²) in [6.07, 6.45) is 2.11. The van der Waals surface area contributed by atoms with E-state index >= 15 is 0 Å². The molecule has 1 fully saturated rings. The Morgan fingerprint density at radius 2 is 2.10 bits per heavy atom. The van der Waals surface area contributed by atoms with E-state index in [1.165, 1.54) is 6.07 Å². The van der Waals surface area contributed by atoms with Crippen LogP contribution in [0.5, 0.6) is 0 Å². The predicted molar refractivity (Wildman–Crippen MR) is 118 cm³/mol. The second-order valence-corrected chi connectivity index (χ2v) is 7.64. The van der Waals surface area contributed by atoms with Crippen LogP contribution in [0.3, 0.4) is 0 Å². The summed E-state index contributed by atoms with van der Waals surface area (Å²) in [5.74, 6) is -0.127. The van der Waals surface area contributed by atoms with Gasteiger partial charge in [-0.2, -0.15) is 0 Å². The van der Waals surface area contributed by atoms with E-state index in [1.807, 2.05) is 30.3 Å². The molecule has 1 atom stereocenters. The number of ether oxygens (including phenoxy) is 1. The van der Waals surface area contributed by atoms with Gasteiger partial charge in [-0.15, -0.1) is 0 Å². The normalized spacial score (nSPS) is 15.7. The fourth-order valence-corrected chi connectivity index (χ4v) is 3.79. The van der Waals surface area contributed by atoms with Crippen LogP contribution in [0.25, 0.3) is 10.9 Å². The molecule has 8 nitrogen and oxygen atoms in total. The number of para-hydroxylation sites is 1. The van der Waals surface area contributed by atoms with E-state index in [0.717, 1.165) is 30.7 Å². The molecule has 31 heavy (non-hydrogen) atoms. The van der Waals surface area contributed by atoms with Gasteiger partial charge in [0.25, 0.3) is 11.6 Å². The number of hydrogen-bond donors (Lipinski definition) is 2. The highest BCUT2D eigenvalue weighted by Crippen LogP contribution is 2.30. The highest BCUT2D eigenvalue weighted by atomic mass is 16.6. The van der Waals surface area contributed by atoms with Crippen molar-refractivity contribution in [2.45, 2.75) is 32.4 Å². The molecule has 0 radical (unpaired) electrons. The molecule has 0 aliphatic carbocycles.